The Kier molecular flexibility index (Phi) is 4.91. The van der Waals surface area contributed by atoms with Crippen LogP contribution in [-0.4, -0.2) is 54.3 Å². The van der Waals surface area contributed by atoms with Gasteiger partial charge in [-0.15, -0.1) is 11.3 Å². The lowest BCUT2D eigenvalue weighted by molar-refractivity contribution is 0.0398. The third kappa shape index (κ3) is 3.58. The number of fused-ring (bicyclic) bond motifs is 2. The van der Waals surface area contributed by atoms with Crippen LogP contribution in [0.1, 0.15) is 0 Å². The van der Waals surface area contributed by atoms with Gasteiger partial charge in [-0.2, -0.15) is 0 Å². The van der Waals surface area contributed by atoms with Crippen molar-refractivity contribution >= 4 is 39.0 Å². The van der Waals surface area contributed by atoms with Crippen LogP contribution in [0.4, 0.5) is 5.82 Å². The molecular formula is C22H22N4OS. The maximum absolute atomic E-state index is 5.43. The zero-order chi connectivity index (χ0) is 18.8. The number of ether oxygens (including phenoxy) is 1. The Bertz CT molecular complexity index is 1090. The lowest BCUT2D eigenvalue weighted by atomic mass is 10.1. The van der Waals surface area contributed by atoms with Crippen molar-refractivity contribution in [2.75, 3.05) is 44.7 Å². The maximum atomic E-state index is 5.43. The topological polar surface area (TPSA) is 50.3 Å². The van der Waals surface area contributed by atoms with E-state index in [1.54, 1.807) is 11.3 Å². The molecule has 0 unspecified atom stereocenters. The summed E-state index contributed by atoms with van der Waals surface area (Å²) in [5.74, 6) is 0.860. The number of rotatable bonds is 5. The molecule has 5 rings (SSSR count). The van der Waals surface area contributed by atoms with Crippen molar-refractivity contribution in [3.05, 3.63) is 53.9 Å². The van der Waals surface area contributed by atoms with Crippen LogP contribution in [0.3, 0.4) is 0 Å². The van der Waals surface area contributed by atoms with Gasteiger partial charge in [0.15, 0.2) is 5.82 Å². The molecule has 5 nitrogen and oxygen atoms in total. The lowest BCUT2D eigenvalue weighted by Crippen LogP contribution is -2.39. The second kappa shape index (κ2) is 7.83. The number of morpholine rings is 1. The van der Waals surface area contributed by atoms with Crippen LogP contribution in [0.5, 0.6) is 0 Å². The molecule has 1 fully saturated rings. The minimum atomic E-state index is 0.823. The van der Waals surface area contributed by atoms with Gasteiger partial charge < -0.3 is 10.1 Å². The van der Waals surface area contributed by atoms with Gasteiger partial charge in [-0.25, -0.2) is 9.97 Å². The van der Waals surface area contributed by atoms with Crippen molar-refractivity contribution in [3.63, 3.8) is 0 Å². The SMILES string of the molecule is c1csc(-c2nc3cc4ccccc4cc3nc2NCCN2CCOCC2)c1. The van der Waals surface area contributed by atoms with E-state index in [0.29, 0.717) is 0 Å². The smallest absolute Gasteiger partial charge is 0.154 e. The molecule has 0 saturated carbocycles. The van der Waals surface area contributed by atoms with E-state index in [1.807, 2.05) is 0 Å². The van der Waals surface area contributed by atoms with Gasteiger partial charge in [0, 0.05) is 26.2 Å². The summed E-state index contributed by atoms with van der Waals surface area (Å²) >= 11 is 1.69. The Hall–Kier alpha value is -2.54. The van der Waals surface area contributed by atoms with Gasteiger partial charge in [-0.1, -0.05) is 30.3 Å². The van der Waals surface area contributed by atoms with Crippen molar-refractivity contribution in [3.8, 4) is 10.6 Å². The number of thiophene rings is 1. The van der Waals surface area contributed by atoms with E-state index < -0.39 is 0 Å². The van der Waals surface area contributed by atoms with E-state index in [1.165, 1.54) is 10.8 Å². The fourth-order valence-corrected chi connectivity index (χ4v) is 4.32. The van der Waals surface area contributed by atoms with Crippen LogP contribution in [0.25, 0.3) is 32.4 Å². The number of hydrogen-bond acceptors (Lipinski definition) is 6. The molecule has 3 heterocycles. The van der Waals surface area contributed by atoms with Gasteiger partial charge in [-0.3, -0.25) is 4.90 Å². The fraction of sp³-hybridized carbons (Fsp3) is 0.273. The van der Waals surface area contributed by atoms with E-state index >= 15 is 0 Å². The van der Waals surface area contributed by atoms with E-state index in [4.69, 9.17) is 14.7 Å². The number of aromatic nitrogens is 2. The number of hydrogen-bond donors (Lipinski definition) is 1. The highest BCUT2D eigenvalue weighted by Crippen LogP contribution is 2.31. The molecule has 28 heavy (non-hydrogen) atoms. The van der Waals surface area contributed by atoms with E-state index in [0.717, 1.165) is 66.8 Å². The summed E-state index contributed by atoms with van der Waals surface area (Å²) < 4.78 is 5.43. The number of benzene rings is 2. The summed E-state index contributed by atoms with van der Waals surface area (Å²) in [6.45, 7) is 5.45. The minimum Gasteiger partial charge on any atom is -0.379 e. The summed E-state index contributed by atoms with van der Waals surface area (Å²) in [5.41, 5.74) is 2.79. The van der Waals surface area contributed by atoms with Gasteiger partial charge in [0.25, 0.3) is 0 Å². The quantitative estimate of drug-likeness (QED) is 0.516. The lowest BCUT2D eigenvalue weighted by Gasteiger charge is -2.26. The normalized spacial score (nSPS) is 15.3. The highest BCUT2D eigenvalue weighted by Gasteiger charge is 2.14. The summed E-state index contributed by atoms with van der Waals surface area (Å²) in [7, 11) is 0. The third-order valence-corrected chi connectivity index (χ3v) is 5.99. The van der Waals surface area contributed by atoms with Crippen LogP contribution in [0.15, 0.2) is 53.9 Å². The highest BCUT2D eigenvalue weighted by atomic mass is 32.1. The average molecular weight is 391 g/mol. The monoisotopic (exact) mass is 390 g/mol. The molecule has 2 aromatic heterocycles. The molecule has 0 radical (unpaired) electrons. The Balaban J connectivity index is 1.49. The van der Waals surface area contributed by atoms with Crippen molar-refractivity contribution < 1.29 is 4.74 Å². The summed E-state index contributed by atoms with van der Waals surface area (Å²) in [6, 6.07) is 16.8. The molecule has 2 aromatic carbocycles. The first-order valence-corrected chi connectivity index (χ1v) is 10.5. The molecule has 142 valence electrons. The molecule has 0 spiro atoms. The molecule has 0 bridgehead atoms. The molecule has 0 aliphatic carbocycles. The van der Waals surface area contributed by atoms with Gasteiger partial charge in [0.1, 0.15) is 5.69 Å². The molecule has 6 heteroatoms. The van der Waals surface area contributed by atoms with Crippen LogP contribution < -0.4 is 5.32 Å². The number of anilines is 1. The zero-order valence-electron chi connectivity index (χ0n) is 15.6. The first kappa shape index (κ1) is 17.6. The van der Waals surface area contributed by atoms with Crippen LogP contribution in [0.2, 0.25) is 0 Å². The first-order valence-electron chi connectivity index (χ1n) is 9.65. The van der Waals surface area contributed by atoms with Crippen LogP contribution >= 0.6 is 11.3 Å². The summed E-state index contributed by atoms with van der Waals surface area (Å²) in [5, 5.41) is 8.00. The van der Waals surface area contributed by atoms with Crippen molar-refractivity contribution in [2.45, 2.75) is 0 Å². The van der Waals surface area contributed by atoms with Gasteiger partial charge in [0.2, 0.25) is 0 Å². The Morgan fingerprint density at radius 2 is 1.71 bits per heavy atom. The maximum Gasteiger partial charge on any atom is 0.154 e. The average Bonchev–Trinajstić information content (AvgIpc) is 3.27. The van der Waals surface area contributed by atoms with Crippen molar-refractivity contribution in [2.24, 2.45) is 0 Å². The van der Waals surface area contributed by atoms with Crippen molar-refractivity contribution in [1.82, 2.24) is 14.9 Å². The van der Waals surface area contributed by atoms with Crippen LogP contribution in [0, 0.1) is 0 Å². The Labute approximate surface area is 168 Å². The van der Waals surface area contributed by atoms with E-state index in [2.05, 4.69) is 64.1 Å². The minimum absolute atomic E-state index is 0.823. The van der Waals surface area contributed by atoms with E-state index in [-0.39, 0.29) is 0 Å². The second-order valence-electron chi connectivity index (χ2n) is 6.97. The third-order valence-electron chi connectivity index (χ3n) is 5.11. The van der Waals surface area contributed by atoms with Gasteiger partial charge in [0.05, 0.1) is 29.1 Å². The largest absolute Gasteiger partial charge is 0.379 e. The molecule has 1 aliphatic heterocycles. The van der Waals surface area contributed by atoms with E-state index in [9.17, 15) is 0 Å². The number of nitrogens with zero attached hydrogens (tertiary/aromatic N) is 3. The fourth-order valence-electron chi connectivity index (χ4n) is 3.61. The van der Waals surface area contributed by atoms with Gasteiger partial charge in [-0.05, 0) is 34.4 Å². The molecule has 1 N–H and O–H groups in total. The molecular weight excluding hydrogens is 368 g/mol. The molecule has 0 atom stereocenters. The predicted octanol–water partition coefficient (Wildman–Crippen LogP) is 4.26. The van der Waals surface area contributed by atoms with Crippen molar-refractivity contribution in [1.29, 1.82) is 0 Å². The Morgan fingerprint density at radius 1 is 0.964 bits per heavy atom. The van der Waals surface area contributed by atoms with Crippen LogP contribution in [-0.2, 0) is 4.74 Å². The standard InChI is InChI=1S/C22H22N4OS/c1-2-5-17-15-19-18(14-16(17)4-1)24-21(20-6-3-13-28-20)22(25-19)23-7-8-26-9-11-27-12-10-26/h1-6,13-15H,7-12H2,(H,23,25). The molecule has 1 saturated heterocycles. The summed E-state index contributed by atoms with van der Waals surface area (Å²) in [6.07, 6.45) is 0. The molecule has 1 aliphatic rings. The molecule has 4 aromatic rings. The summed E-state index contributed by atoms with van der Waals surface area (Å²) in [4.78, 5) is 13.5. The number of nitrogens with one attached hydrogen (secondary N) is 1. The second-order valence-corrected chi connectivity index (χ2v) is 7.91. The highest BCUT2D eigenvalue weighted by molar-refractivity contribution is 7.13. The van der Waals surface area contributed by atoms with Gasteiger partial charge >= 0.3 is 0 Å². The zero-order valence-corrected chi connectivity index (χ0v) is 16.4. The predicted molar refractivity (Wildman–Crippen MR) is 116 cm³/mol. The Morgan fingerprint density at radius 3 is 2.43 bits per heavy atom. The molecule has 0 amide bonds. The first-order chi connectivity index (χ1) is 13.9.